The zero-order valence-corrected chi connectivity index (χ0v) is 25.4. The van der Waals surface area contributed by atoms with Crippen LogP contribution < -0.4 is 10.2 Å². The fourth-order valence-corrected chi connectivity index (χ4v) is 5.96. The van der Waals surface area contributed by atoms with Crippen LogP contribution in [0.25, 0.3) is 10.9 Å². The van der Waals surface area contributed by atoms with Crippen molar-refractivity contribution in [2.75, 3.05) is 50.7 Å². The van der Waals surface area contributed by atoms with Crippen molar-refractivity contribution >= 4 is 22.6 Å². The molecule has 2 aliphatic rings. The van der Waals surface area contributed by atoms with Crippen molar-refractivity contribution in [2.45, 2.75) is 96.6 Å². The zero-order chi connectivity index (χ0) is 30.2. The molecule has 0 aliphatic carbocycles. The lowest BCUT2D eigenvalue weighted by Gasteiger charge is -2.33. The average molecular weight is 593 g/mol. The number of aromatic nitrogens is 1. The maximum absolute atomic E-state index is 13.1. The molecule has 9 heteroatoms. The molecule has 1 aromatic carbocycles. The SMILES string of the molecule is CCCCCCCCCCNCCN1CCCCC1.O=C(O)C1CCN(c2ccc(C(F)(F)F)c3ncccc23)CC1. The number of carboxylic acid groups (broad SMARTS) is 1. The van der Waals surface area contributed by atoms with Gasteiger partial charge in [-0.1, -0.05) is 58.3 Å². The number of rotatable bonds is 14. The lowest BCUT2D eigenvalue weighted by Crippen LogP contribution is -2.36. The fourth-order valence-electron chi connectivity index (χ4n) is 5.96. The van der Waals surface area contributed by atoms with E-state index in [1.165, 1.54) is 116 Å². The van der Waals surface area contributed by atoms with Crippen molar-refractivity contribution in [1.82, 2.24) is 15.2 Å². The lowest BCUT2D eigenvalue weighted by molar-refractivity contribution is -0.142. The normalized spacial score (nSPS) is 16.8. The van der Waals surface area contributed by atoms with Gasteiger partial charge in [-0.15, -0.1) is 0 Å². The van der Waals surface area contributed by atoms with Crippen LogP contribution in [0.4, 0.5) is 18.9 Å². The molecule has 2 N–H and O–H groups in total. The second-order valence-corrected chi connectivity index (χ2v) is 11.8. The number of aliphatic carboxylic acids is 1. The molecule has 0 amide bonds. The molecule has 2 fully saturated rings. The van der Waals surface area contributed by atoms with E-state index < -0.39 is 17.7 Å². The molecule has 3 heterocycles. The van der Waals surface area contributed by atoms with E-state index in [0.717, 1.165) is 6.07 Å². The number of fused-ring (bicyclic) bond motifs is 1. The Hall–Kier alpha value is -2.39. The molecule has 0 bridgehead atoms. The third-order valence-electron chi connectivity index (χ3n) is 8.50. The van der Waals surface area contributed by atoms with Gasteiger partial charge < -0.3 is 20.2 Å². The Morgan fingerprint density at radius 3 is 2.24 bits per heavy atom. The number of benzene rings is 1. The number of nitrogens with one attached hydrogen (secondary N) is 1. The molecule has 1 aromatic heterocycles. The Bertz CT molecular complexity index is 1050. The van der Waals surface area contributed by atoms with E-state index in [9.17, 15) is 18.0 Å². The van der Waals surface area contributed by atoms with Crippen LogP contribution >= 0.6 is 0 Å². The van der Waals surface area contributed by atoms with Gasteiger partial charge in [0.2, 0.25) is 0 Å². The number of alkyl halides is 3. The van der Waals surface area contributed by atoms with Gasteiger partial charge in [0, 0.05) is 43.4 Å². The first-order chi connectivity index (χ1) is 20.3. The standard InChI is InChI=1S/C17H36N2.C16H15F3N2O2/c1-2-3-4-5-6-7-8-10-13-18-14-17-19-15-11-9-12-16-19;17-16(18,19)12-3-4-13(11-2-1-7-20-14(11)12)21-8-5-10(6-9-21)15(22)23/h18H,2-17H2,1H3;1-4,7,10H,5-6,8-9H2,(H,22,23). The third kappa shape index (κ3) is 11.4. The second-order valence-electron chi connectivity index (χ2n) is 11.8. The molecule has 0 radical (unpaired) electrons. The molecule has 4 rings (SSSR count). The van der Waals surface area contributed by atoms with Crippen LogP contribution in [0, 0.1) is 5.92 Å². The van der Waals surface area contributed by atoms with Gasteiger partial charge in [-0.2, -0.15) is 13.2 Å². The van der Waals surface area contributed by atoms with Crippen molar-refractivity contribution in [1.29, 1.82) is 0 Å². The van der Waals surface area contributed by atoms with Crippen molar-refractivity contribution in [2.24, 2.45) is 5.92 Å². The number of pyridine rings is 1. The summed E-state index contributed by atoms with van der Waals surface area (Å²) in [6.45, 7) is 9.64. The van der Waals surface area contributed by atoms with Crippen molar-refractivity contribution in [3.8, 4) is 0 Å². The number of nitrogens with zero attached hydrogens (tertiary/aromatic N) is 3. The molecule has 0 atom stereocenters. The van der Waals surface area contributed by atoms with Gasteiger partial charge in [-0.25, -0.2) is 0 Å². The zero-order valence-electron chi connectivity index (χ0n) is 25.4. The highest BCUT2D eigenvalue weighted by Crippen LogP contribution is 2.38. The number of hydrogen-bond donors (Lipinski definition) is 2. The summed E-state index contributed by atoms with van der Waals surface area (Å²) >= 11 is 0. The summed E-state index contributed by atoms with van der Waals surface area (Å²) in [6.07, 6.45) is 13.5. The lowest BCUT2D eigenvalue weighted by atomic mass is 9.96. The number of likely N-dealkylation sites (tertiary alicyclic amines) is 1. The van der Waals surface area contributed by atoms with Crippen LogP contribution in [0.15, 0.2) is 30.5 Å². The van der Waals surface area contributed by atoms with Crippen LogP contribution in [-0.4, -0.2) is 66.8 Å². The Kier molecular flexibility index (Phi) is 14.9. The van der Waals surface area contributed by atoms with Crippen molar-refractivity contribution in [3.63, 3.8) is 0 Å². The van der Waals surface area contributed by atoms with Gasteiger partial charge in [-0.05, 0) is 76.0 Å². The van der Waals surface area contributed by atoms with Gasteiger partial charge >= 0.3 is 12.1 Å². The first kappa shape index (κ1) is 34.1. The topological polar surface area (TPSA) is 68.7 Å². The molecule has 6 nitrogen and oxygen atoms in total. The van der Waals surface area contributed by atoms with E-state index in [1.54, 1.807) is 12.1 Å². The number of anilines is 1. The number of piperidine rings is 2. The average Bonchev–Trinajstić information content (AvgIpc) is 3.00. The van der Waals surface area contributed by atoms with Gasteiger partial charge in [0.05, 0.1) is 17.0 Å². The summed E-state index contributed by atoms with van der Waals surface area (Å²) in [5, 5.41) is 13.1. The summed E-state index contributed by atoms with van der Waals surface area (Å²) in [4.78, 5) is 19.5. The summed E-state index contributed by atoms with van der Waals surface area (Å²) in [7, 11) is 0. The number of carboxylic acids is 1. The molecule has 2 aliphatic heterocycles. The summed E-state index contributed by atoms with van der Waals surface area (Å²) in [5.41, 5.74) is -0.153. The maximum Gasteiger partial charge on any atom is 0.418 e. The van der Waals surface area contributed by atoms with E-state index in [-0.39, 0.29) is 11.4 Å². The number of hydrogen-bond acceptors (Lipinski definition) is 5. The van der Waals surface area contributed by atoms with Crippen molar-refractivity contribution in [3.05, 3.63) is 36.0 Å². The fraction of sp³-hybridized carbons (Fsp3) is 0.697. The first-order valence-electron chi connectivity index (χ1n) is 16.2. The van der Waals surface area contributed by atoms with Crippen LogP contribution in [0.2, 0.25) is 0 Å². The molecular weight excluding hydrogens is 541 g/mol. The summed E-state index contributed by atoms with van der Waals surface area (Å²) < 4.78 is 39.3. The molecule has 0 saturated carbocycles. The summed E-state index contributed by atoms with van der Waals surface area (Å²) in [5.74, 6) is -1.20. The van der Waals surface area contributed by atoms with Crippen molar-refractivity contribution < 1.29 is 23.1 Å². The third-order valence-corrected chi connectivity index (χ3v) is 8.50. The minimum absolute atomic E-state index is 0.0714. The quantitative estimate of drug-likeness (QED) is 0.219. The molecule has 236 valence electrons. The van der Waals surface area contributed by atoms with Gasteiger partial charge in [0.1, 0.15) is 0 Å². The Balaban J connectivity index is 0.000000236. The smallest absolute Gasteiger partial charge is 0.418 e. The predicted octanol–water partition coefficient (Wildman–Crippen LogP) is 7.76. The van der Waals surface area contributed by atoms with Gasteiger partial charge in [-0.3, -0.25) is 9.78 Å². The number of halogens is 3. The predicted molar refractivity (Wildman–Crippen MR) is 165 cm³/mol. The van der Waals surface area contributed by atoms with Crippen LogP contribution in [-0.2, 0) is 11.0 Å². The largest absolute Gasteiger partial charge is 0.481 e. The van der Waals surface area contributed by atoms with Crippen LogP contribution in [0.1, 0.15) is 96.0 Å². The number of unbranched alkanes of at least 4 members (excludes halogenated alkanes) is 7. The highest BCUT2D eigenvalue weighted by atomic mass is 19.4. The highest BCUT2D eigenvalue weighted by molar-refractivity contribution is 5.94. The van der Waals surface area contributed by atoms with E-state index >= 15 is 0 Å². The number of carbonyl (C=O) groups is 1. The molecule has 42 heavy (non-hydrogen) atoms. The molecule has 0 unspecified atom stereocenters. The maximum atomic E-state index is 13.1. The monoisotopic (exact) mass is 592 g/mol. The van der Waals surface area contributed by atoms with E-state index in [4.69, 9.17) is 5.11 Å². The molecular formula is C33H51F3N4O2. The van der Waals surface area contributed by atoms with Gasteiger partial charge in [0.25, 0.3) is 0 Å². The van der Waals surface area contributed by atoms with Crippen LogP contribution in [0.5, 0.6) is 0 Å². The Morgan fingerprint density at radius 2 is 1.60 bits per heavy atom. The highest BCUT2D eigenvalue weighted by Gasteiger charge is 2.34. The Labute approximate surface area is 250 Å². The van der Waals surface area contributed by atoms with Crippen LogP contribution in [0.3, 0.4) is 0 Å². The minimum atomic E-state index is -4.46. The van der Waals surface area contributed by atoms with E-state index in [2.05, 4.69) is 22.1 Å². The molecule has 0 spiro atoms. The first-order valence-corrected chi connectivity index (χ1v) is 16.2. The van der Waals surface area contributed by atoms with Gasteiger partial charge in [0.15, 0.2) is 0 Å². The van der Waals surface area contributed by atoms with E-state index in [0.29, 0.717) is 37.0 Å². The second kappa shape index (κ2) is 18.3. The molecule has 2 aromatic rings. The molecule has 2 saturated heterocycles. The minimum Gasteiger partial charge on any atom is -0.481 e. The summed E-state index contributed by atoms with van der Waals surface area (Å²) in [6, 6.07) is 5.73. The Morgan fingerprint density at radius 1 is 0.929 bits per heavy atom. The van der Waals surface area contributed by atoms with E-state index in [1.807, 2.05) is 4.90 Å².